The van der Waals surface area contributed by atoms with Crippen LogP contribution in [0.1, 0.15) is 22.8 Å². The Morgan fingerprint density at radius 3 is 2.37 bits per heavy atom. The SMILES string of the molecule is CCOC(=O)C(=O)c1c(OC)cc(C)c(OC)c1Br. The predicted octanol–water partition coefficient (Wildman–Crippen LogP) is 2.52. The van der Waals surface area contributed by atoms with Crippen LogP contribution in [0, 0.1) is 6.92 Å². The quantitative estimate of drug-likeness (QED) is 0.471. The van der Waals surface area contributed by atoms with E-state index in [1.807, 2.05) is 6.92 Å². The monoisotopic (exact) mass is 330 g/mol. The lowest BCUT2D eigenvalue weighted by atomic mass is 10.1. The minimum atomic E-state index is -0.924. The largest absolute Gasteiger partial charge is 0.496 e. The van der Waals surface area contributed by atoms with E-state index >= 15 is 0 Å². The van der Waals surface area contributed by atoms with Gasteiger partial charge in [0.15, 0.2) is 0 Å². The zero-order valence-electron chi connectivity index (χ0n) is 11.2. The molecule has 0 atom stereocenters. The van der Waals surface area contributed by atoms with E-state index in [1.165, 1.54) is 14.2 Å². The highest BCUT2D eigenvalue weighted by Gasteiger charge is 2.27. The Balaban J connectivity index is 3.40. The van der Waals surface area contributed by atoms with Crippen LogP contribution in [-0.2, 0) is 9.53 Å². The molecule has 1 rings (SSSR count). The normalized spacial score (nSPS) is 9.95. The van der Waals surface area contributed by atoms with Crippen LogP contribution in [0.2, 0.25) is 0 Å². The van der Waals surface area contributed by atoms with E-state index in [1.54, 1.807) is 13.0 Å². The average molecular weight is 331 g/mol. The van der Waals surface area contributed by atoms with Gasteiger partial charge in [-0.3, -0.25) is 4.79 Å². The fourth-order valence-electron chi connectivity index (χ4n) is 1.65. The number of ketones is 1. The van der Waals surface area contributed by atoms with Gasteiger partial charge in [0.25, 0.3) is 5.78 Å². The summed E-state index contributed by atoms with van der Waals surface area (Å²) in [7, 11) is 2.91. The second-order valence-electron chi connectivity index (χ2n) is 3.67. The van der Waals surface area contributed by atoms with Crippen LogP contribution in [0.4, 0.5) is 0 Å². The predicted molar refractivity (Wildman–Crippen MR) is 72.9 cm³/mol. The zero-order valence-corrected chi connectivity index (χ0v) is 12.8. The Kier molecular flexibility index (Phi) is 5.35. The highest BCUT2D eigenvalue weighted by Crippen LogP contribution is 2.38. The van der Waals surface area contributed by atoms with E-state index in [-0.39, 0.29) is 12.2 Å². The Morgan fingerprint density at radius 2 is 1.89 bits per heavy atom. The highest BCUT2D eigenvalue weighted by molar-refractivity contribution is 9.10. The molecule has 0 N–H and O–H groups in total. The maximum atomic E-state index is 12.1. The smallest absolute Gasteiger partial charge is 0.379 e. The van der Waals surface area contributed by atoms with Gasteiger partial charge >= 0.3 is 5.97 Å². The maximum Gasteiger partial charge on any atom is 0.379 e. The van der Waals surface area contributed by atoms with Crippen molar-refractivity contribution in [3.63, 3.8) is 0 Å². The summed E-state index contributed by atoms with van der Waals surface area (Å²) in [5.41, 5.74) is 0.884. The number of aryl methyl sites for hydroxylation is 1. The number of rotatable bonds is 5. The molecule has 0 saturated carbocycles. The van der Waals surface area contributed by atoms with Crippen molar-refractivity contribution in [2.75, 3.05) is 20.8 Å². The van der Waals surface area contributed by atoms with Crippen molar-refractivity contribution in [3.8, 4) is 11.5 Å². The van der Waals surface area contributed by atoms with Crippen molar-refractivity contribution in [1.29, 1.82) is 0 Å². The van der Waals surface area contributed by atoms with Gasteiger partial charge in [-0.05, 0) is 41.4 Å². The van der Waals surface area contributed by atoms with Crippen molar-refractivity contribution in [2.24, 2.45) is 0 Å². The van der Waals surface area contributed by atoms with Gasteiger partial charge < -0.3 is 14.2 Å². The molecule has 0 aliphatic heterocycles. The number of carbonyl (C=O) groups excluding carboxylic acids is 2. The second-order valence-corrected chi connectivity index (χ2v) is 4.46. The molecule has 1 aromatic rings. The third-order valence-electron chi connectivity index (χ3n) is 2.48. The molecule has 5 nitrogen and oxygen atoms in total. The lowest BCUT2D eigenvalue weighted by molar-refractivity contribution is -0.137. The van der Waals surface area contributed by atoms with E-state index < -0.39 is 11.8 Å². The summed E-state index contributed by atoms with van der Waals surface area (Å²) in [4.78, 5) is 23.6. The Hall–Kier alpha value is -1.56. The number of benzene rings is 1. The average Bonchev–Trinajstić information content (AvgIpc) is 2.38. The molecule has 0 unspecified atom stereocenters. The van der Waals surface area contributed by atoms with Crippen LogP contribution in [-0.4, -0.2) is 32.6 Å². The first kappa shape index (κ1) is 15.5. The fraction of sp³-hybridized carbons (Fsp3) is 0.385. The second kappa shape index (κ2) is 6.56. The molecule has 1 aromatic carbocycles. The number of carbonyl (C=O) groups is 2. The summed E-state index contributed by atoms with van der Waals surface area (Å²) in [5, 5.41) is 0. The van der Waals surface area contributed by atoms with Crippen LogP contribution in [0.25, 0.3) is 0 Å². The van der Waals surface area contributed by atoms with Crippen molar-refractivity contribution < 1.29 is 23.8 Å². The summed E-state index contributed by atoms with van der Waals surface area (Å²) in [6, 6.07) is 1.63. The van der Waals surface area contributed by atoms with Crippen molar-refractivity contribution in [3.05, 3.63) is 21.7 Å². The summed E-state index contributed by atoms with van der Waals surface area (Å²) < 4.78 is 15.4. The first-order valence-electron chi connectivity index (χ1n) is 5.60. The summed E-state index contributed by atoms with van der Waals surface area (Å²) in [6.45, 7) is 3.57. The van der Waals surface area contributed by atoms with Crippen LogP contribution < -0.4 is 9.47 Å². The third kappa shape index (κ3) is 3.07. The number of ether oxygens (including phenoxy) is 3. The van der Waals surface area contributed by atoms with Crippen LogP contribution in [0.15, 0.2) is 10.5 Å². The van der Waals surface area contributed by atoms with Gasteiger partial charge in [-0.25, -0.2) is 4.79 Å². The molecular weight excluding hydrogens is 316 g/mol. The topological polar surface area (TPSA) is 61.8 Å². The van der Waals surface area contributed by atoms with E-state index in [4.69, 9.17) is 14.2 Å². The van der Waals surface area contributed by atoms with Crippen molar-refractivity contribution in [1.82, 2.24) is 0 Å². The van der Waals surface area contributed by atoms with Crippen LogP contribution in [0.3, 0.4) is 0 Å². The lowest BCUT2D eigenvalue weighted by Gasteiger charge is -2.14. The Bertz CT molecular complexity index is 510. The van der Waals surface area contributed by atoms with E-state index in [0.717, 1.165) is 5.56 Å². The van der Waals surface area contributed by atoms with E-state index in [0.29, 0.717) is 16.0 Å². The molecule has 0 radical (unpaired) electrons. The molecule has 0 bridgehead atoms. The highest BCUT2D eigenvalue weighted by atomic mass is 79.9. The molecule has 6 heteroatoms. The van der Waals surface area contributed by atoms with Gasteiger partial charge in [0, 0.05) is 0 Å². The van der Waals surface area contributed by atoms with Crippen LogP contribution in [0.5, 0.6) is 11.5 Å². The molecule has 0 heterocycles. The van der Waals surface area contributed by atoms with Gasteiger partial charge in [0.05, 0.1) is 30.9 Å². The summed E-state index contributed by atoms with van der Waals surface area (Å²) in [6.07, 6.45) is 0. The van der Waals surface area contributed by atoms with Gasteiger partial charge in [-0.1, -0.05) is 0 Å². The van der Waals surface area contributed by atoms with Gasteiger partial charge in [0.1, 0.15) is 11.5 Å². The Morgan fingerprint density at radius 1 is 1.26 bits per heavy atom. The molecular formula is C13H15BrO5. The van der Waals surface area contributed by atoms with Crippen molar-refractivity contribution >= 4 is 27.7 Å². The molecule has 104 valence electrons. The van der Waals surface area contributed by atoms with Gasteiger partial charge in [-0.15, -0.1) is 0 Å². The molecule has 0 aliphatic carbocycles. The van der Waals surface area contributed by atoms with Crippen LogP contribution >= 0.6 is 15.9 Å². The maximum absolute atomic E-state index is 12.1. The zero-order chi connectivity index (χ0) is 14.6. The molecule has 0 fully saturated rings. The lowest BCUT2D eigenvalue weighted by Crippen LogP contribution is -2.19. The standard InChI is InChI=1S/C13H15BrO5/c1-5-19-13(16)11(15)9-8(17-3)6-7(2)12(18-4)10(9)14/h6H,5H2,1-4H3. The minimum Gasteiger partial charge on any atom is -0.496 e. The fourth-order valence-corrected chi connectivity index (χ4v) is 2.50. The van der Waals surface area contributed by atoms with Gasteiger partial charge in [0.2, 0.25) is 0 Å². The molecule has 19 heavy (non-hydrogen) atoms. The number of halogens is 1. The molecule has 0 aliphatic rings. The first-order valence-corrected chi connectivity index (χ1v) is 6.39. The number of hydrogen-bond donors (Lipinski definition) is 0. The Labute approximate surface area is 120 Å². The molecule has 0 aromatic heterocycles. The minimum absolute atomic E-state index is 0.100. The van der Waals surface area contributed by atoms with Crippen molar-refractivity contribution in [2.45, 2.75) is 13.8 Å². The summed E-state index contributed by atoms with van der Waals surface area (Å²) >= 11 is 3.27. The van der Waals surface area contributed by atoms with Gasteiger partial charge in [-0.2, -0.15) is 0 Å². The van der Waals surface area contributed by atoms with E-state index in [9.17, 15) is 9.59 Å². The molecule has 0 amide bonds. The first-order chi connectivity index (χ1) is 8.97. The molecule has 0 saturated heterocycles. The number of hydrogen-bond acceptors (Lipinski definition) is 5. The molecule has 0 spiro atoms. The third-order valence-corrected chi connectivity index (χ3v) is 3.24. The number of Topliss-reactive ketones (excluding diaryl/α,β-unsaturated/α-hetero) is 1. The number of esters is 1. The van der Waals surface area contributed by atoms with E-state index in [2.05, 4.69) is 15.9 Å². The number of methoxy groups -OCH3 is 2. The summed E-state index contributed by atoms with van der Waals surface area (Å²) in [5.74, 6) is -0.923.